The molecule has 0 aliphatic carbocycles. The summed E-state index contributed by atoms with van der Waals surface area (Å²) in [4.78, 5) is 27.6. The van der Waals surface area contributed by atoms with Gasteiger partial charge in [0.15, 0.2) is 5.13 Å². The fourth-order valence-corrected chi connectivity index (χ4v) is 2.32. The van der Waals surface area contributed by atoms with Gasteiger partial charge in [0.05, 0.1) is 11.3 Å². The fourth-order valence-electron chi connectivity index (χ4n) is 1.67. The molecule has 1 aromatic carbocycles. The van der Waals surface area contributed by atoms with Crippen molar-refractivity contribution in [2.45, 2.75) is 6.42 Å². The SMILES string of the molecule is CN(C)c1ccc(CC(=O)Nc2ncc([N+](=O)[O-])s2)cc1. The number of thiazole rings is 1. The molecular weight excluding hydrogens is 292 g/mol. The van der Waals surface area contributed by atoms with E-state index < -0.39 is 4.92 Å². The molecule has 0 atom stereocenters. The van der Waals surface area contributed by atoms with Gasteiger partial charge in [-0.1, -0.05) is 12.1 Å². The summed E-state index contributed by atoms with van der Waals surface area (Å²) in [6.07, 6.45) is 1.33. The van der Waals surface area contributed by atoms with Crippen LogP contribution in [0.25, 0.3) is 0 Å². The molecule has 0 radical (unpaired) electrons. The second kappa shape index (κ2) is 6.31. The molecule has 2 aromatic rings. The summed E-state index contributed by atoms with van der Waals surface area (Å²) in [6.45, 7) is 0. The van der Waals surface area contributed by atoms with Crippen LogP contribution in [0.15, 0.2) is 30.5 Å². The van der Waals surface area contributed by atoms with Crippen LogP contribution >= 0.6 is 11.3 Å². The Morgan fingerprint density at radius 2 is 2.05 bits per heavy atom. The van der Waals surface area contributed by atoms with Crippen molar-refractivity contribution >= 4 is 33.1 Å². The number of benzene rings is 1. The average Bonchev–Trinajstić information content (AvgIpc) is 2.87. The average molecular weight is 306 g/mol. The molecule has 0 saturated carbocycles. The number of carbonyl (C=O) groups is 1. The minimum atomic E-state index is -0.534. The Morgan fingerprint density at radius 3 is 2.57 bits per heavy atom. The first-order chi connectivity index (χ1) is 9.95. The highest BCUT2D eigenvalue weighted by Crippen LogP contribution is 2.25. The smallest absolute Gasteiger partial charge is 0.345 e. The number of carbonyl (C=O) groups excluding carboxylic acids is 1. The number of nitro groups is 1. The van der Waals surface area contributed by atoms with Gasteiger partial charge in [-0.15, -0.1) is 0 Å². The molecule has 0 spiro atoms. The van der Waals surface area contributed by atoms with Crippen LogP contribution < -0.4 is 10.2 Å². The highest BCUT2D eigenvalue weighted by molar-refractivity contribution is 7.18. The van der Waals surface area contributed by atoms with E-state index in [1.165, 1.54) is 0 Å². The molecule has 1 aromatic heterocycles. The Balaban J connectivity index is 1.96. The van der Waals surface area contributed by atoms with Gasteiger partial charge in [-0.3, -0.25) is 14.9 Å². The molecule has 0 bridgehead atoms. The topological polar surface area (TPSA) is 88.4 Å². The van der Waals surface area contributed by atoms with Crippen molar-refractivity contribution < 1.29 is 9.72 Å². The normalized spacial score (nSPS) is 10.2. The summed E-state index contributed by atoms with van der Waals surface area (Å²) < 4.78 is 0. The van der Waals surface area contributed by atoms with Crippen LogP contribution in [-0.4, -0.2) is 29.9 Å². The summed E-state index contributed by atoms with van der Waals surface area (Å²) in [7, 11) is 3.88. The lowest BCUT2D eigenvalue weighted by molar-refractivity contribution is -0.380. The first-order valence-corrected chi connectivity index (χ1v) is 6.93. The van der Waals surface area contributed by atoms with E-state index in [2.05, 4.69) is 10.3 Å². The molecule has 8 heteroatoms. The molecule has 7 nitrogen and oxygen atoms in total. The predicted octanol–water partition coefficient (Wildman–Crippen LogP) is 2.30. The molecule has 1 N–H and O–H groups in total. The maximum absolute atomic E-state index is 11.9. The molecule has 0 saturated heterocycles. The number of nitrogens with one attached hydrogen (secondary N) is 1. The van der Waals surface area contributed by atoms with Crippen molar-refractivity contribution in [1.29, 1.82) is 0 Å². The van der Waals surface area contributed by atoms with Crippen molar-refractivity contribution in [1.82, 2.24) is 4.98 Å². The van der Waals surface area contributed by atoms with Gasteiger partial charge in [0.2, 0.25) is 5.91 Å². The third-order valence-corrected chi connectivity index (χ3v) is 3.60. The highest BCUT2D eigenvalue weighted by Gasteiger charge is 2.13. The molecule has 21 heavy (non-hydrogen) atoms. The molecule has 1 heterocycles. The summed E-state index contributed by atoms with van der Waals surface area (Å²) in [5.41, 5.74) is 1.92. The molecule has 2 rings (SSSR count). The van der Waals surface area contributed by atoms with Crippen LogP contribution in [0.4, 0.5) is 15.8 Å². The summed E-state index contributed by atoms with van der Waals surface area (Å²) in [6, 6.07) is 7.60. The maximum Gasteiger partial charge on any atom is 0.345 e. The van der Waals surface area contributed by atoms with Gasteiger partial charge in [-0.25, -0.2) is 4.98 Å². The Labute approximate surface area is 125 Å². The van der Waals surface area contributed by atoms with Crippen LogP contribution in [0, 0.1) is 10.1 Å². The number of hydrogen-bond acceptors (Lipinski definition) is 6. The Morgan fingerprint density at radius 1 is 1.38 bits per heavy atom. The lowest BCUT2D eigenvalue weighted by Crippen LogP contribution is -2.14. The summed E-state index contributed by atoms with van der Waals surface area (Å²) in [5.74, 6) is -0.253. The lowest BCUT2D eigenvalue weighted by Gasteiger charge is -2.12. The quantitative estimate of drug-likeness (QED) is 0.676. The van der Waals surface area contributed by atoms with Gasteiger partial charge in [-0.2, -0.15) is 0 Å². The lowest BCUT2D eigenvalue weighted by atomic mass is 10.1. The first kappa shape index (κ1) is 14.9. The zero-order valence-electron chi connectivity index (χ0n) is 11.6. The van der Waals surface area contributed by atoms with Gasteiger partial charge < -0.3 is 10.2 Å². The fraction of sp³-hybridized carbons (Fsp3) is 0.231. The van der Waals surface area contributed by atoms with Crippen molar-refractivity contribution in [3.05, 3.63) is 46.1 Å². The van der Waals surface area contributed by atoms with E-state index in [0.717, 1.165) is 28.8 Å². The molecular formula is C13H14N4O3S. The summed E-state index contributed by atoms with van der Waals surface area (Å²) in [5, 5.41) is 13.2. The van der Waals surface area contributed by atoms with E-state index in [1.807, 2.05) is 43.3 Å². The number of hydrogen-bond donors (Lipinski definition) is 1. The van der Waals surface area contributed by atoms with Crippen LogP contribution in [0.3, 0.4) is 0 Å². The van der Waals surface area contributed by atoms with Crippen LogP contribution in [0.5, 0.6) is 0 Å². The zero-order valence-corrected chi connectivity index (χ0v) is 12.4. The number of anilines is 2. The second-order valence-corrected chi connectivity index (χ2v) is 5.56. The number of nitrogens with zero attached hydrogens (tertiary/aromatic N) is 3. The highest BCUT2D eigenvalue weighted by atomic mass is 32.1. The van der Waals surface area contributed by atoms with E-state index in [4.69, 9.17) is 0 Å². The molecule has 0 aliphatic heterocycles. The minimum absolute atomic E-state index is 0.0966. The van der Waals surface area contributed by atoms with Crippen molar-refractivity contribution in [3.63, 3.8) is 0 Å². The van der Waals surface area contributed by atoms with Gasteiger partial charge in [-0.05, 0) is 29.0 Å². The Bertz CT molecular complexity index is 652. The zero-order chi connectivity index (χ0) is 15.4. The molecule has 0 unspecified atom stereocenters. The first-order valence-electron chi connectivity index (χ1n) is 6.12. The van der Waals surface area contributed by atoms with Crippen molar-refractivity contribution in [2.24, 2.45) is 0 Å². The minimum Gasteiger partial charge on any atom is -0.378 e. The van der Waals surface area contributed by atoms with E-state index in [1.54, 1.807) is 0 Å². The van der Waals surface area contributed by atoms with Crippen LogP contribution in [0.2, 0.25) is 0 Å². The molecule has 0 fully saturated rings. The van der Waals surface area contributed by atoms with Gasteiger partial charge >= 0.3 is 5.00 Å². The standard InChI is InChI=1S/C13H14N4O3S/c1-16(2)10-5-3-9(4-6-10)7-11(18)15-13-14-8-12(21-13)17(19)20/h3-6,8H,7H2,1-2H3,(H,14,15,18). The van der Waals surface area contributed by atoms with Crippen molar-refractivity contribution in [3.8, 4) is 0 Å². The molecule has 110 valence electrons. The van der Waals surface area contributed by atoms with E-state index in [9.17, 15) is 14.9 Å². The third-order valence-electron chi connectivity index (χ3n) is 2.74. The number of amides is 1. The molecule has 0 aliphatic rings. The Kier molecular flexibility index (Phi) is 4.49. The third kappa shape index (κ3) is 3.99. The number of aromatic nitrogens is 1. The largest absolute Gasteiger partial charge is 0.378 e. The van der Waals surface area contributed by atoms with E-state index in [-0.39, 0.29) is 22.5 Å². The maximum atomic E-state index is 11.9. The Hall–Kier alpha value is -2.48. The van der Waals surface area contributed by atoms with Crippen LogP contribution in [0.1, 0.15) is 5.56 Å². The summed E-state index contributed by atoms with van der Waals surface area (Å²) >= 11 is 0.837. The van der Waals surface area contributed by atoms with Crippen molar-refractivity contribution in [2.75, 3.05) is 24.3 Å². The second-order valence-electron chi connectivity index (χ2n) is 4.55. The van der Waals surface area contributed by atoms with E-state index in [0.29, 0.717) is 0 Å². The monoisotopic (exact) mass is 306 g/mol. The number of rotatable bonds is 5. The molecule has 1 amide bonds. The predicted molar refractivity (Wildman–Crippen MR) is 81.9 cm³/mol. The van der Waals surface area contributed by atoms with Gasteiger partial charge in [0, 0.05) is 19.8 Å². The van der Waals surface area contributed by atoms with E-state index >= 15 is 0 Å². The van der Waals surface area contributed by atoms with Gasteiger partial charge in [0.1, 0.15) is 6.20 Å². The van der Waals surface area contributed by atoms with Crippen LogP contribution in [-0.2, 0) is 11.2 Å². The van der Waals surface area contributed by atoms with Gasteiger partial charge in [0.25, 0.3) is 0 Å².